The van der Waals surface area contributed by atoms with Crippen LogP contribution < -0.4 is 9.61 Å². The highest BCUT2D eigenvalue weighted by Crippen LogP contribution is 2.48. The highest BCUT2D eigenvalue weighted by molar-refractivity contribution is 7.84. The van der Waals surface area contributed by atoms with Crippen LogP contribution in [0.15, 0.2) is 30.3 Å². The zero-order valence-electron chi connectivity index (χ0n) is 10.1. The van der Waals surface area contributed by atoms with Crippen molar-refractivity contribution in [2.24, 2.45) is 0 Å². The zero-order valence-corrected chi connectivity index (χ0v) is 11.7. The van der Waals surface area contributed by atoms with E-state index in [2.05, 4.69) is 5.09 Å². The summed E-state index contributed by atoms with van der Waals surface area (Å²) in [6.45, 7) is 2.06. The number of nitrogens with one attached hydrogen (secondary N) is 1. The molecule has 0 spiro atoms. The molecule has 96 valence electrons. The lowest BCUT2D eigenvalue weighted by Gasteiger charge is -2.21. The molecule has 0 aromatic heterocycles. The van der Waals surface area contributed by atoms with Crippen LogP contribution in [-0.4, -0.2) is 12.3 Å². The molecule has 0 radical (unpaired) electrons. The van der Waals surface area contributed by atoms with Gasteiger partial charge in [-0.25, -0.2) is 4.57 Å². The lowest BCUT2D eigenvalue weighted by atomic mass is 10.3. The molecule has 0 aliphatic carbocycles. The quantitative estimate of drug-likeness (QED) is 0.635. The van der Waals surface area contributed by atoms with Gasteiger partial charge in [-0.15, -0.1) is 0 Å². The molecule has 0 saturated carbocycles. The number of hydrogen-bond acceptors (Lipinski definition) is 3. The topological polar surface area (TPSA) is 47.6 Å². The molecule has 1 rings (SSSR count). The molecule has 0 heterocycles. The summed E-state index contributed by atoms with van der Waals surface area (Å²) in [7, 11) is 0. The molecule has 0 fully saturated rings. The third-order valence-corrected chi connectivity index (χ3v) is 3.40. The molecule has 0 aliphatic rings. The average molecular weight is 278 g/mol. The fraction of sp³-hybridized carbons (Fsp3) is 0.455. The number of halogens is 1. The standard InChI is InChI=1S/C11H17ClNO3P/c1-9(2)15-10(3)13-17(12,14)16-11-7-5-4-6-8-11/h4-10H,1-3H3,(H,13,14)/t10-,17?/m0/s1. The molecule has 17 heavy (non-hydrogen) atoms. The highest BCUT2D eigenvalue weighted by atomic mass is 35.7. The van der Waals surface area contributed by atoms with Crippen molar-refractivity contribution in [1.29, 1.82) is 0 Å². The van der Waals surface area contributed by atoms with Crippen LogP contribution in [0, 0.1) is 0 Å². The van der Waals surface area contributed by atoms with Crippen molar-refractivity contribution in [1.82, 2.24) is 5.09 Å². The van der Waals surface area contributed by atoms with E-state index in [9.17, 15) is 4.57 Å². The first-order valence-corrected chi connectivity index (χ1v) is 7.89. The number of para-hydroxylation sites is 1. The highest BCUT2D eigenvalue weighted by Gasteiger charge is 2.24. The normalized spacial score (nSPS) is 16.5. The first kappa shape index (κ1) is 14.5. The van der Waals surface area contributed by atoms with Crippen LogP contribution in [0.25, 0.3) is 0 Å². The molecule has 0 saturated heterocycles. The second-order valence-corrected chi connectivity index (χ2v) is 6.58. The molecular formula is C11H17ClNO3P. The van der Waals surface area contributed by atoms with E-state index >= 15 is 0 Å². The van der Waals surface area contributed by atoms with Crippen LogP contribution >= 0.6 is 18.1 Å². The van der Waals surface area contributed by atoms with Crippen molar-refractivity contribution in [3.63, 3.8) is 0 Å². The third kappa shape index (κ3) is 6.08. The minimum absolute atomic E-state index is 0.0193. The van der Waals surface area contributed by atoms with Crippen LogP contribution in [-0.2, 0) is 9.30 Å². The van der Waals surface area contributed by atoms with E-state index < -0.39 is 13.1 Å². The molecule has 0 aliphatic heterocycles. The van der Waals surface area contributed by atoms with Gasteiger partial charge < -0.3 is 9.26 Å². The van der Waals surface area contributed by atoms with Gasteiger partial charge in [0, 0.05) is 11.2 Å². The van der Waals surface area contributed by atoms with Gasteiger partial charge in [-0.05, 0) is 32.9 Å². The van der Waals surface area contributed by atoms with Crippen LogP contribution in [0.4, 0.5) is 0 Å². The monoisotopic (exact) mass is 277 g/mol. The molecule has 1 aromatic carbocycles. The van der Waals surface area contributed by atoms with Crippen molar-refractivity contribution in [3.8, 4) is 5.75 Å². The van der Waals surface area contributed by atoms with Gasteiger partial charge in [0.2, 0.25) is 0 Å². The van der Waals surface area contributed by atoms with Gasteiger partial charge >= 0.3 is 6.87 Å². The Morgan fingerprint density at radius 3 is 2.35 bits per heavy atom. The van der Waals surface area contributed by atoms with Crippen LogP contribution in [0.1, 0.15) is 20.8 Å². The zero-order chi connectivity index (χ0) is 12.9. The predicted octanol–water partition coefficient (Wildman–Crippen LogP) is 3.77. The number of hydrogen-bond donors (Lipinski definition) is 1. The Kier molecular flexibility index (Phi) is 5.47. The van der Waals surface area contributed by atoms with E-state index in [4.69, 9.17) is 20.5 Å². The van der Waals surface area contributed by atoms with Crippen molar-refractivity contribution in [3.05, 3.63) is 30.3 Å². The number of ether oxygens (including phenoxy) is 1. The summed E-state index contributed by atoms with van der Waals surface area (Å²) in [4.78, 5) is 0. The van der Waals surface area contributed by atoms with E-state index in [1.54, 1.807) is 31.2 Å². The fourth-order valence-corrected chi connectivity index (χ4v) is 2.89. The minimum atomic E-state index is -3.43. The summed E-state index contributed by atoms with van der Waals surface area (Å²) < 4.78 is 22.5. The Labute approximate surface area is 107 Å². The van der Waals surface area contributed by atoms with Crippen molar-refractivity contribution in [2.75, 3.05) is 0 Å². The van der Waals surface area contributed by atoms with Crippen LogP contribution in [0.3, 0.4) is 0 Å². The van der Waals surface area contributed by atoms with Gasteiger partial charge in [0.05, 0.1) is 6.10 Å². The Morgan fingerprint density at radius 1 is 1.24 bits per heavy atom. The molecule has 0 bridgehead atoms. The maximum Gasteiger partial charge on any atom is 0.411 e. The van der Waals surface area contributed by atoms with Gasteiger partial charge in [-0.2, -0.15) is 5.09 Å². The lowest BCUT2D eigenvalue weighted by molar-refractivity contribution is 0.0118. The second kappa shape index (κ2) is 6.41. The van der Waals surface area contributed by atoms with Gasteiger partial charge in [0.15, 0.2) is 0 Å². The molecule has 1 N–H and O–H groups in total. The van der Waals surface area contributed by atoms with Crippen molar-refractivity contribution >= 4 is 18.1 Å². The summed E-state index contributed by atoms with van der Waals surface area (Å²) in [5.74, 6) is 0.454. The molecule has 1 aromatic rings. The van der Waals surface area contributed by atoms with Gasteiger partial charge in [-0.3, -0.25) is 0 Å². The Balaban J connectivity index is 2.54. The van der Waals surface area contributed by atoms with E-state index in [0.717, 1.165) is 0 Å². The van der Waals surface area contributed by atoms with Gasteiger partial charge in [-0.1, -0.05) is 18.2 Å². The van der Waals surface area contributed by atoms with E-state index in [1.165, 1.54) is 0 Å². The van der Waals surface area contributed by atoms with E-state index in [0.29, 0.717) is 5.75 Å². The summed E-state index contributed by atoms with van der Waals surface area (Å²) in [5, 5.41) is 2.61. The summed E-state index contributed by atoms with van der Waals surface area (Å²) in [6, 6.07) is 8.76. The molecule has 2 atom stereocenters. The van der Waals surface area contributed by atoms with E-state index in [-0.39, 0.29) is 6.10 Å². The summed E-state index contributed by atoms with van der Waals surface area (Å²) in [6.07, 6.45) is -0.423. The Hall–Kier alpha value is -0.540. The summed E-state index contributed by atoms with van der Waals surface area (Å²) in [5.41, 5.74) is 0. The van der Waals surface area contributed by atoms with Gasteiger partial charge in [0.1, 0.15) is 12.0 Å². The smallest absolute Gasteiger partial charge is 0.411 e. The molecule has 0 amide bonds. The predicted molar refractivity (Wildman–Crippen MR) is 69.3 cm³/mol. The second-order valence-electron chi connectivity index (χ2n) is 3.84. The minimum Gasteiger partial charge on any atom is -0.422 e. The van der Waals surface area contributed by atoms with Crippen LogP contribution in [0.2, 0.25) is 0 Å². The fourth-order valence-electron chi connectivity index (χ4n) is 1.30. The maximum atomic E-state index is 11.9. The molecule has 1 unspecified atom stereocenters. The van der Waals surface area contributed by atoms with E-state index in [1.807, 2.05) is 19.9 Å². The number of benzene rings is 1. The molecular weight excluding hydrogens is 261 g/mol. The van der Waals surface area contributed by atoms with Gasteiger partial charge in [0.25, 0.3) is 0 Å². The van der Waals surface area contributed by atoms with Crippen LogP contribution in [0.5, 0.6) is 5.75 Å². The Bertz CT molecular complexity index is 386. The first-order valence-electron chi connectivity index (χ1n) is 5.36. The maximum absolute atomic E-state index is 11.9. The lowest BCUT2D eigenvalue weighted by Crippen LogP contribution is -2.28. The Morgan fingerprint density at radius 2 is 1.82 bits per heavy atom. The SMILES string of the molecule is CC(C)O[C@@H](C)NP(=O)(Cl)Oc1ccccc1. The molecule has 6 heteroatoms. The molecule has 4 nitrogen and oxygen atoms in total. The largest absolute Gasteiger partial charge is 0.422 e. The van der Waals surface area contributed by atoms with Crippen molar-refractivity contribution < 1.29 is 13.8 Å². The average Bonchev–Trinajstić information content (AvgIpc) is 2.15. The first-order chi connectivity index (χ1) is 7.89. The third-order valence-electron chi connectivity index (χ3n) is 1.78. The summed E-state index contributed by atoms with van der Waals surface area (Å²) >= 11 is 5.79. The van der Waals surface area contributed by atoms with Crippen molar-refractivity contribution in [2.45, 2.75) is 33.1 Å². The number of rotatable bonds is 6.